The minimum absolute atomic E-state index is 0.303. The standard InChI is InChI=1S/C12H7BrCl3F/c13-8-1-2-9-6(4-8)3-7(5-17)11(14)10(9)12(15)16/h1-4,12H,5H2. The van der Waals surface area contributed by atoms with E-state index in [2.05, 4.69) is 15.9 Å². The van der Waals surface area contributed by atoms with Gasteiger partial charge >= 0.3 is 0 Å². The van der Waals surface area contributed by atoms with Crippen LogP contribution in [0.2, 0.25) is 5.02 Å². The van der Waals surface area contributed by atoms with Crippen molar-refractivity contribution >= 4 is 61.5 Å². The van der Waals surface area contributed by atoms with Gasteiger partial charge in [0.2, 0.25) is 0 Å². The van der Waals surface area contributed by atoms with E-state index in [-0.39, 0.29) is 0 Å². The Labute approximate surface area is 122 Å². The van der Waals surface area contributed by atoms with Crippen molar-refractivity contribution in [3.63, 3.8) is 0 Å². The average molecular weight is 356 g/mol. The van der Waals surface area contributed by atoms with Gasteiger partial charge in [0.05, 0.1) is 5.02 Å². The molecule has 2 aromatic carbocycles. The van der Waals surface area contributed by atoms with Crippen molar-refractivity contribution in [1.29, 1.82) is 0 Å². The third-order valence-corrected chi connectivity index (χ3v) is 3.89. The van der Waals surface area contributed by atoms with Gasteiger partial charge in [-0.25, -0.2) is 4.39 Å². The quantitative estimate of drug-likeness (QED) is 0.562. The molecule has 0 heterocycles. The van der Waals surface area contributed by atoms with Crippen LogP contribution in [0.3, 0.4) is 0 Å². The molecule has 0 aromatic heterocycles. The fourth-order valence-electron chi connectivity index (χ4n) is 1.75. The molecule has 0 saturated heterocycles. The number of halogens is 5. The third-order valence-electron chi connectivity index (χ3n) is 2.51. The third kappa shape index (κ3) is 2.55. The Hall–Kier alpha value is -0.0200. The van der Waals surface area contributed by atoms with Crippen LogP contribution in [0.1, 0.15) is 16.0 Å². The zero-order valence-electron chi connectivity index (χ0n) is 8.48. The SMILES string of the molecule is FCc1cc2cc(Br)ccc2c(C(Cl)Cl)c1Cl. The molecule has 0 aliphatic rings. The second-order valence-corrected chi connectivity index (χ2v) is 5.95. The number of hydrogen-bond donors (Lipinski definition) is 0. The van der Waals surface area contributed by atoms with Gasteiger partial charge in [0.15, 0.2) is 0 Å². The number of rotatable bonds is 2. The van der Waals surface area contributed by atoms with E-state index in [1.807, 2.05) is 18.2 Å². The second-order valence-electron chi connectivity index (χ2n) is 3.56. The number of benzene rings is 2. The molecule has 0 spiro atoms. The maximum Gasteiger partial charge on any atom is 0.134 e. The highest BCUT2D eigenvalue weighted by Crippen LogP contribution is 2.40. The van der Waals surface area contributed by atoms with Crippen LogP contribution in [0, 0.1) is 0 Å². The Kier molecular flexibility index (Phi) is 4.19. The van der Waals surface area contributed by atoms with E-state index < -0.39 is 11.5 Å². The van der Waals surface area contributed by atoms with Crippen LogP contribution in [0.5, 0.6) is 0 Å². The molecule has 0 radical (unpaired) electrons. The maximum absolute atomic E-state index is 12.9. The summed E-state index contributed by atoms with van der Waals surface area (Å²) in [4.78, 5) is -0.780. The van der Waals surface area contributed by atoms with Crippen molar-refractivity contribution in [2.75, 3.05) is 0 Å². The van der Waals surface area contributed by atoms with Gasteiger partial charge < -0.3 is 0 Å². The number of fused-ring (bicyclic) bond motifs is 1. The van der Waals surface area contributed by atoms with Crippen LogP contribution in [-0.2, 0) is 6.67 Å². The van der Waals surface area contributed by atoms with Gasteiger partial charge in [-0.1, -0.05) is 56.8 Å². The first-order valence-electron chi connectivity index (χ1n) is 4.79. The highest BCUT2D eigenvalue weighted by molar-refractivity contribution is 9.10. The highest BCUT2D eigenvalue weighted by Gasteiger charge is 2.17. The summed E-state index contributed by atoms with van der Waals surface area (Å²) in [6.45, 7) is -0.644. The molecule has 5 heteroatoms. The first kappa shape index (κ1) is 13.4. The predicted molar refractivity (Wildman–Crippen MR) is 75.9 cm³/mol. The minimum atomic E-state index is -0.780. The summed E-state index contributed by atoms with van der Waals surface area (Å²) >= 11 is 21.3. The molecule has 17 heavy (non-hydrogen) atoms. The molecule has 0 aliphatic heterocycles. The van der Waals surface area contributed by atoms with E-state index >= 15 is 0 Å². The monoisotopic (exact) mass is 354 g/mol. The lowest BCUT2D eigenvalue weighted by Gasteiger charge is -2.13. The summed E-state index contributed by atoms with van der Waals surface area (Å²) in [5.74, 6) is 0. The van der Waals surface area contributed by atoms with Crippen LogP contribution in [0.4, 0.5) is 4.39 Å². The van der Waals surface area contributed by atoms with E-state index in [0.717, 1.165) is 15.2 Å². The van der Waals surface area contributed by atoms with Crippen molar-refractivity contribution in [3.8, 4) is 0 Å². The van der Waals surface area contributed by atoms with Crippen molar-refractivity contribution in [2.24, 2.45) is 0 Å². The van der Waals surface area contributed by atoms with Crippen LogP contribution in [0.25, 0.3) is 10.8 Å². The van der Waals surface area contributed by atoms with Crippen LogP contribution in [0.15, 0.2) is 28.7 Å². The van der Waals surface area contributed by atoms with E-state index in [9.17, 15) is 4.39 Å². The molecule has 0 amide bonds. The molecule has 0 N–H and O–H groups in total. The van der Waals surface area contributed by atoms with Crippen molar-refractivity contribution in [3.05, 3.63) is 44.9 Å². The van der Waals surface area contributed by atoms with Gasteiger partial charge in [0, 0.05) is 15.6 Å². The summed E-state index contributed by atoms with van der Waals surface area (Å²) < 4.78 is 13.8. The zero-order valence-corrected chi connectivity index (χ0v) is 12.3. The molecule has 2 aromatic rings. The van der Waals surface area contributed by atoms with Gasteiger partial charge in [0.25, 0.3) is 0 Å². The maximum atomic E-state index is 12.9. The van der Waals surface area contributed by atoms with Crippen molar-refractivity contribution in [1.82, 2.24) is 0 Å². The van der Waals surface area contributed by atoms with Gasteiger partial charge in [-0.3, -0.25) is 0 Å². The summed E-state index contributed by atoms with van der Waals surface area (Å²) in [6, 6.07) is 7.32. The molecule has 0 atom stereocenters. The zero-order chi connectivity index (χ0) is 12.6. The minimum Gasteiger partial charge on any atom is -0.246 e. The van der Waals surface area contributed by atoms with Crippen LogP contribution < -0.4 is 0 Å². The Bertz CT molecular complexity index is 569. The predicted octanol–water partition coefficient (Wildman–Crippen LogP) is 6.20. The molecular formula is C12H7BrCl3F. The molecule has 0 bridgehead atoms. The normalized spacial score (nSPS) is 11.4. The topological polar surface area (TPSA) is 0 Å². The molecular weight excluding hydrogens is 349 g/mol. The number of alkyl halides is 3. The largest absolute Gasteiger partial charge is 0.246 e. The Morgan fingerprint density at radius 2 is 1.94 bits per heavy atom. The Morgan fingerprint density at radius 1 is 1.24 bits per heavy atom. The molecule has 0 nitrogen and oxygen atoms in total. The van der Waals surface area contributed by atoms with Crippen LogP contribution in [-0.4, -0.2) is 0 Å². The average Bonchev–Trinajstić information content (AvgIpc) is 2.28. The summed E-state index contributed by atoms with van der Waals surface area (Å²) in [5.41, 5.74) is 0.964. The van der Waals surface area contributed by atoms with Gasteiger partial charge in [0.1, 0.15) is 11.5 Å². The lowest BCUT2D eigenvalue weighted by molar-refractivity contribution is 0.485. The summed E-state index contributed by atoms with van der Waals surface area (Å²) in [5, 5.41) is 2.00. The van der Waals surface area contributed by atoms with E-state index in [4.69, 9.17) is 34.8 Å². The van der Waals surface area contributed by atoms with Gasteiger partial charge in [-0.15, -0.1) is 0 Å². The first-order valence-corrected chi connectivity index (χ1v) is 6.83. The van der Waals surface area contributed by atoms with Gasteiger partial charge in [-0.2, -0.15) is 0 Å². The molecule has 2 rings (SSSR count). The lowest BCUT2D eigenvalue weighted by atomic mass is 10.0. The summed E-state index contributed by atoms with van der Waals surface area (Å²) in [6.07, 6.45) is 0. The molecule has 0 unspecified atom stereocenters. The van der Waals surface area contributed by atoms with Gasteiger partial charge in [-0.05, 0) is 29.0 Å². The first-order chi connectivity index (χ1) is 8.04. The van der Waals surface area contributed by atoms with Crippen molar-refractivity contribution in [2.45, 2.75) is 11.5 Å². The van der Waals surface area contributed by atoms with Crippen molar-refractivity contribution < 1.29 is 4.39 Å². The highest BCUT2D eigenvalue weighted by atomic mass is 79.9. The molecule has 0 aliphatic carbocycles. The van der Waals surface area contributed by atoms with Crippen LogP contribution >= 0.6 is 50.7 Å². The molecule has 0 saturated carbocycles. The fourth-order valence-corrected chi connectivity index (χ4v) is 3.01. The smallest absolute Gasteiger partial charge is 0.134 e. The second kappa shape index (κ2) is 5.31. The lowest BCUT2D eigenvalue weighted by Crippen LogP contribution is -1.92. The Morgan fingerprint density at radius 3 is 2.53 bits per heavy atom. The van der Waals surface area contributed by atoms with E-state index in [0.29, 0.717) is 16.1 Å². The number of hydrogen-bond acceptors (Lipinski definition) is 0. The Balaban J connectivity index is 2.86. The molecule has 0 fully saturated rings. The van der Waals surface area contributed by atoms with E-state index in [1.165, 1.54) is 0 Å². The fraction of sp³-hybridized carbons (Fsp3) is 0.167. The molecule has 90 valence electrons. The van der Waals surface area contributed by atoms with E-state index in [1.54, 1.807) is 6.07 Å². The summed E-state index contributed by atoms with van der Waals surface area (Å²) in [7, 11) is 0.